The molecule has 1 aliphatic carbocycles. The monoisotopic (exact) mass is 524 g/mol. The molecule has 4 rings (SSSR count). The topological polar surface area (TPSA) is 49.8 Å². The molecular weight excluding hydrogens is 504 g/mol. The molecule has 1 fully saturated rings. The SMILES string of the molecule is FC(F)(F)c1cnc(Nc2ccc(I)cc2)nc1Nc1ccccc1C1CCCC1. The van der Waals surface area contributed by atoms with E-state index in [4.69, 9.17) is 0 Å². The third kappa shape index (κ3) is 4.85. The van der Waals surface area contributed by atoms with Gasteiger partial charge in [0.05, 0.1) is 0 Å². The molecule has 8 heteroatoms. The van der Waals surface area contributed by atoms with Crippen LogP contribution in [0.3, 0.4) is 0 Å². The molecule has 0 amide bonds. The number of halogens is 4. The first-order valence-electron chi connectivity index (χ1n) is 9.73. The zero-order valence-corrected chi connectivity index (χ0v) is 18.2. The molecule has 1 saturated carbocycles. The van der Waals surface area contributed by atoms with Crippen molar-refractivity contribution in [3.05, 3.63) is 69.4 Å². The van der Waals surface area contributed by atoms with E-state index in [9.17, 15) is 13.2 Å². The van der Waals surface area contributed by atoms with Crippen LogP contribution in [0.5, 0.6) is 0 Å². The first kappa shape index (κ1) is 20.9. The minimum Gasteiger partial charge on any atom is -0.339 e. The van der Waals surface area contributed by atoms with Crippen molar-refractivity contribution in [1.82, 2.24) is 9.97 Å². The van der Waals surface area contributed by atoms with Crippen molar-refractivity contribution in [1.29, 1.82) is 0 Å². The molecule has 2 aromatic carbocycles. The van der Waals surface area contributed by atoms with Gasteiger partial charge < -0.3 is 10.6 Å². The molecule has 2 N–H and O–H groups in total. The summed E-state index contributed by atoms with van der Waals surface area (Å²) >= 11 is 2.18. The van der Waals surface area contributed by atoms with E-state index in [1.54, 1.807) is 0 Å². The van der Waals surface area contributed by atoms with Gasteiger partial charge in [0, 0.05) is 21.1 Å². The first-order chi connectivity index (χ1) is 14.4. The Morgan fingerprint density at radius 2 is 1.63 bits per heavy atom. The van der Waals surface area contributed by atoms with Crippen molar-refractivity contribution in [2.45, 2.75) is 37.8 Å². The second-order valence-electron chi connectivity index (χ2n) is 7.28. The predicted octanol–water partition coefficient (Wildman–Crippen LogP) is 7.24. The van der Waals surface area contributed by atoms with Gasteiger partial charge in [-0.15, -0.1) is 0 Å². The fourth-order valence-electron chi connectivity index (χ4n) is 3.74. The molecule has 0 aliphatic heterocycles. The van der Waals surface area contributed by atoms with Crippen LogP contribution in [0.4, 0.5) is 36.3 Å². The summed E-state index contributed by atoms with van der Waals surface area (Å²) in [6.07, 6.45) is 0.645. The molecule has 3 aromatic rings. The number of aromatic nitrogens is 2. The number of rotatable bonds is 5. The van der Waals surface area contributed by atoms with Crippen molar-refractivity contribution in [2.24, 2.45) is 0 Å². The summed E-state index contributed by atoms with van der Waals surface area (Å²) in [5, 5.41) is 5.92. The number of hydrogen-bond donors (Lipinski definition) is 2. The van der Waals surface area contributed by atoms with E-state index in [0.29, 0.717) is 17.3 Å². The number of nitrogens with one attached hydrogen (secondary N) is 2. The van der Waals surface area contributed by atoms with Gasteiger partial charge in [-0.1, -0.05) is 31.0 Å². The lowest BCUT2D eigenvalue weighted by molar-refractivity contribution is -0.137. The maximum Gasteiger partial charge on any atom is 0.421 e. The van der Waals surface area contributed by atoms with Crippen LogP contribution in [0, 0.1) is 3.57 Å². The highest BCUT2D eigenvalue weighted by molar-refractivity contribution is 14.1. The van der Waals surface area contributed by atoms with Gasteiger partial charge in [0.15, 0.2) is 0 Å². The summed E-state index contributed by atoms with van der Waals surface area (Å²) in [7, 11) is 0. The van der Waals surface area contributed by atoms with Crippen LogP contribution in [0.2, 0.25) is 0 Å². The molecule has 156 valence electrons. The van der Waals surface area contributed by atoms with Crippen molar-refractivity contribution in [2.75, 3.05) is 10.6 Å². The Morgan fingerprint density at radius 3 is 2.33 bits per heavy atom. The quantitative estimate of drug-likeness (QED) is 0.346. The molecular formula is C22H20F3IN4. The zero-order valence-electron chi connectivity index (χ0n) is 16.0. The van der Waals surface area contributed by atoms with E-state index in [1.807, 2.05) is 48.5 Å². The van der Waals surface area contributed by atoms with Gasteiger partial charge in [0.25, 0.3) is 0 Å². The second-order valence-corrected chi connectivity index (χ2v) is 8.52. The third-order valence-electron chi connectivity index (χ3n) is 5.20. The van der Waals surface area contributed by atoms with E-state index in [0.717, 1.165) is 41.0 Å². The van der Waals surface area contributed by atoms with E-state index in [-0.39, 0.29) is 11.8 Å². The fraction of sp³-hybridized carbons (Fsp3) is 0.273. The number of anilines is 4. The van der Waals surface area contributed by atoms with Crippen LogP contribution >= 0.6 is 22.6 Å². The van der Waals surface area contributed by atoms with Gasteiger partial charge in [-0.05, 0) is 77.2 Å². The number of benzene rings is 2. The number of nitrogens with zero attached hydrogens (tertiary/aromatic N) is 2. The lowest BCUT2D eigenvalue weighted by atomic mass is 9.96. The van der Waals surface area contributed by atoms with E-state index in [1.165, 1.54) is 0 Å². The van der Waals surface area contributed by atoms with Crippen molar-refractivity contribution < 1.29 is 13.2 Å². The average molecular weight is 524 g/mol. The Morgan fingerprint density at radius 1 is 0.933 bits per heavy atom. The van der Waals surface area contributed by atoms with Gasteiger partial charge in [0.2, 0.25) is 5.95 Å². The molecule has 0 bridgehead atoms. The molecule has 1 aromatic heterocycles. The molecule has 0 spiro atoms. The summed E-state index contributed by atoms with van der Waals surface area (Å²) in [6, 6.07) is 15.0. The highest BCUT2D eigenvalue weighted by Crippen LogP contribution is 2.40. The van der Waals surface area contributed by atoms with Gasteiger partial charge >= 0.3 is 6.18 Å². The normalized spacial score (nSPS) is 14.7. The van der Waals surface area contributed by atoms with E-state index >= 15 is 0 Å². The van der Waals surface area contributed by atoms with Crippen molar-refractivity contribution in [3.8, 4) is 0 Å². The summed E-state index contributed by atoms with van der Waals surface area (Å²) in [6.45, 7) is 0. The van der Waals surface area contributed by atoms with Gasteiger partial charge in [-0.3, -0.25) is 0 Å². The predicted molar refractivity (Wildman–Crippen MR) is 120 cm³/mol. The second kappa shape index (κ2) is 8.79. The number of hydrogen-bond acceptors (Lipinski definition) is 4. The molecule has 0 atom stereocenters. The summed E-state index contributed by atoms with van der Waals surface area (Å²) in [4.78, 5) is 8.05. The van der Waals surface area contributed by atoms with E-state index in [2.05, 4.69) is 43.2 Å². The Bertz CT molecular complexity index is 1020. The number of alkyl halides is 3. The van der Waals surface area contributed by atoms with Crippen LogP contribution in [0.25, 0.3) is 0 Å². The lowest BCUT2D eigenvalue weighted by Gasteiger charge is -2.19. The Balaban J connectivity index is 1.68. The summed E-state index contributed by atoms with van der Waals surface area (Å²) in [5.41, 5.74) is 1.51. The Hall–Kier alpha value is -2.36. The van der Waals surface area contributed by atoms with Crippen LogP contribution in [0.15, 0.2) is 54.7 Å². The molecule has 1 aliphatic rings. The molecule has 0 saturated heterocycles. The average Bonchev–Trinajstić information content (AvgIpc) is 3.24. The molecule has 0 unspecified atom stereocenters. The highest BCUT2D eigenvalue weighted by atomic mass is 127. The van der Waals surface area contributed by atoms with Gasteiger partial charge in [0.1, 0.15) is 11.4 Å². The standard InChI is InChI=1S/C22H20F3IN4/c23-22(24,25)18-13-27-21(28-16-11-9-15(26)10-12-16)30-20(18)29-19-8-4-3-7-17(19)14-5-1-2-6-14/h3-4,7-14H,1-2,5-6H2,(H2,27,28,29,30). The maximum atomic E-state index is 13.6. The summed E-state index contributed by atoms with van der Waals surface area (Å²) in [5.74, 6) is 0.204. The first-order valence-corrected chi connectivity index (χ1v) is 10.8. The Kier molecular flexibility index (Phi) is 6.12. The van der Waals surface area contributed by atoms with Crippen LogP contribution in [-0.4, -0.2) is 9.97 Å². The third-order valence-corrected chi connectivity index (χ3v) is 5.92. The number of para-hydroxylation sites is 1. The minimum absolute atomic E-state index is 0.102. The van der Waals surface area contributed by atoms with Crippen LogP contribution < -0.4 is 10.6 Å². The fourth-order valence-corrected chi connectivity index (χ4v) is 4.10. The summed E-state index contributed by atoms with van der Waals surface area (Å²) < 4.78 is 41.9. The smallest absolute Gasteiger partial charge is 0.339 e. The largest absolute Gasteiger partial charge is 0.421 e. The van der Waals surface area contributed by atoms with Gasteiger partial charge in [-0.2, -0.15) is 18.2 Å². The highest BCUT2D eigenvalue weighted by Gasteiger charge is 2.35. The molecule has 1 heterocycles. The molecule has 0 radical (unpaired) electrons. The lowest BCUT2D eigenvalue weighted by Crippen LogP contribution is -2.13. The Labute approximate surface area is 186 Å². The maximum absolute atomic E-state index is 13.6. The van der Waals surface area contributed by atoms with E-state index < -0.39 is 11.7 Å². The van der Waals surface area contributed by atoms with Gasteiger partial charge in [-0.25, -0.2) is 4.98 Å². The van der Waals surface area contributed by atoms with Crippen LogP contribution in [-0.2, 0) is 6.18 Å². The molecule has 30 heavy (non-hydrogen) atoms. The molecule has 4 nitrogen and oxygen atoms in total. The van der Waals surface area contributed by atoms with Crippen molar-refractivity contribution >= 4 is 45.7 Å². The van der Waals surface area contributed by atoms with Crippen LogP contribution in [0.1, 0.15) is 42.7 Å². The zero-order chi connectivity index (χ0) is 21.1. The van der Waals surface area contributed by atoms with Crippen molar-refractivity contribution in [3.63, 3.8) is 0 Å². The minimum atomic E-state index is -4.56.